The summed E-state index contributed by atoms with van der Waals surface area (Å²) >= 11 is 0. The van der Waals surface area contributed by atoms with Gasteiger partial charge in [0.25, 0.3) is 0 Å². The molecule has 3 unspecified atom stereocenters. The first-order valence-electron chi connectivity index (χ1n) is 5.15. The predicted octanol–water partition coefficient (Wildman–Crippen LogP) is 1.66. The van der Waals surface area contributed by atoms with E-state index >= 15 is 0 Å². The minimum absolute atomic E-state index is 0.0316. The highest BCUT2D eigenvalue weighted by Crippen LogP contribution is 2.40. The van der Waals surface area contributed by atoms with Gasteiger partial charge in [-0.2, -0.15) is 0 Å². The normalized spacial score (nSPS) is 33.8. The van der Waals surface area contributed by atoms with Crippen molar-refractivity contribution in [3.8, 4) is 0 Å². The Bertz CT molecular complexity index is 225. The molecule has 1 fully saturated rings. The zero-order chi connectivity index (χ0) is 10.7. The Balaban J connectivity index is 2.68. The van der Waals surface area contributed by atoms with Crippen LogP contribution in [-0.2, 0) is 14.3 Å². The summed E-state index contributed by atoms with van der Waals surface area (Å²) in [6.45, 7) is 3.92. The zero-order valence-corrected chi connectivity index (χ0v) is 9.03. The predicted molar refractivity (Wildman–Crippen MR) is 52.6 cm³/mol. The Morgan fingerprint density at radius 2 is 2.14 bits per heavy atom. The lowest BCUT2D eigenvalue weighted by molar-refractivity contribution is -0.147. The van der Waals surface area contributed by atoms with E-state index in [-0.39, 0.29) is 23.7 Å². The Kier molecular flexibility index (Phi) is 3.67. The summed E-state index contributed by atoms with van der Waals surface area (Å²) in [4.78, 5) is 22.2. The van der Waals surface area contributed by atoms with Crippen LogP contribution in [0.25, 0.3) is 0 Å². The molecule has 0 amide bonds. The number of hydrogen-bond donors (Lipinski definition) is 0. The van der Waals surface area contributed by atoms with Crippen LogP contribution in [0, 0.1) is 23.7 Å². The van der Waals surface area contributed by atoms with Crippen molar-refractivity contribution in [3.63, 3.8) is 0 Å². The second-order valence-corrected chi connectivity index (χ2v) is 4.24. The summed E-state index contributed by atoms with van der Waals surface area (Å²) < 4.78 is 4.70. The molecule has 1 aliphatic rings. The Labute approximate surface area is 84.8 Å². The summed E-state index contributed by atoms with van der Waals surface area (Å²) in [6.07, 6.45) is 3.00. The molecule has 0 aliphatic heterocycles. The van der Waals surface area contributed by atoms with Gasteiger partial charge in [-0.05, 0) is 24.7 Å². The number of carbonyl (C=O) groups excluding carboxylic acids is 2. The summed E-state index contributed by atoms with van der Waals surface area (Å²) in [5.41, 5.74) is 0. The molecular weight excluding hydrogens is 180 g/mol. The molecule has 0 radical (unpaired) electrons. The summed E-state index contributed by atoms with van der Waals surface area (Å²) in [5.74, 6) is 0.264. The van der Waals surface area contributed by atoms with Crippen molar-refractivity contribution in [2.75, 3.05) is 7.11 Å². The first-order valence-corrected chi connectivity index (χ1v) is 5.15. The van der Waals surface area contributed by atoms with Crippen molar-refractivity contribution >= 4 is 12.3 Å². The van der Waals surface area contributed by atoms with E-state index in [1.54, 1.807) is 0 Å². The maximum Gasteiger partial charge on any atom is 0.308 e. The molecule has 0 bridgehead atoms. The third-order valence-corrected chi connectivity index (χ3v) is 3.48. The SMILES string of the molecule is COC(=O)C(C)C1CC[C@@H](C)C1C=O. The van der Waals surface area contributed by atoms with Crippen LogP contribution >= 0.6 is 0 Å². The minimum Gasteiger partial charge on any atom is -0.469 e. The van der Waals surface area contributed by atoms with Gasteiger partial charge in [0.1, 0.15) is 6.29 Å². The quantitative estimate of drug-likeness (QED) is 0.511. The van der Waals surface area contributed by atoms with Crippen molar-refractivity contribution in [1.82, 2.24) is 0 Å². The maximum atomic E-state index is 11.3. The lowest BCUT2D eigenvalue weighted by Crippen LogP contribution is -2.27. The number of carbonyl (C=O) groups is 2. The molecule has 0 spiro atoms. The second kappa shape index (κ2) is 4.58. The average Bonchev–Trinajstić information content (AvgIpc) is 2.57. The molecule has 1 rings (SSSR count). The van der Waals surface area contributed by atoms with Gasteiger partial charge in [-0.3, -0.25) is 4.79 Å². The van der Waals surface area contributed by atoms with Crippen molar-refractivity contribution in [1.29, 1.82) is 0 Å². The van der Waals surface area contributed by atoms with Crippen LogP contribution in [0.3, 0.4) is 0 Å². The molecule has 1 saturated carbocycles. The van der Waals surface area contributed by atoms with Crippen LogP contribution in [0.15, 0.2) is 0 Å². The van der Waals surface area contributed by atoms with Gasteiger partial charge in [-0.15, -0.1) is 0 Å². The highest BCUT2D eigenvalue weighted by Gasteiger charge is 2.39. The number of ether oxygens (including phenoxy) is 1. The molecule has 0 aromatic heterocycles. The lowest BCUT2D eigenvalue weighted by atomic mass is 9.83. The largest absolute Gasteiger partial charge is 0.469 e. The monoisotopic (exact) mass is 198 g/mol. The van der Waals surface area contributed by atoms with E-state index < -0.39 is 0 Å². The molecule has 0 saturated heterocycles. The number of aldehydes is 1. The van der Waals surface area contributed by atoms with Crippen LogP contribution < -0.4 is 0 Å². The van der Waals surface area contributed by atoms with Gasteiger partial charge in [-0.1, -0.05) is 13.8 Å². The van der Waals surface area contributed by atoms with Crippen molar-refractivity contribution in [2.45, 2.75) is 26.7 Å². The smallest absolute Gasteiger partial charge is 0.308 e. The fourth-order valence-corrected chi connectivity index (χ4v) is 2.44. The zero-order valence-electron chi connectivity index (χ0n) is 9.03. The van der Waals surface area contributed by atoms with Gasteiger partial charge in [0.05, 0.1) is 13.0 Å². The molecule has 3 nitrogen and oxygen atoms in total. The highest BCUT2D eigenvalue weighted by molar-refractivity contribution is 5.73. The first-order chi connectivity index (χ1) is 6.61. The van der Waals surface area contributed by atoms with Gasteiger partial charge in [0.15, 0.2) is 0 Å². The molecule has 14 heavy (non-hydrogen) atoms. The van der Waals surface area contributed by atoms with Crippen molar-refractivity contribution in [3.05, 3.63) is 0 Å². The van der Waals surface area contributed by atoms with Crippen LogP contribution in [0.5, 0.6) is 0 Å². The highest BCUT2D eigenvalue weighted by atomic mass is 16.5. The standard InChI is InChI=1S/C11H18O3/c1-7-4-5-9(10(7)6-12)8(2)11(13)14-3/h6-10H,4-5H2,1-3H3/t7-,8?,9?,10?/m1/s1. The average molecular weight is 198 g/mol. The fraction of sp³-hybridized carbons (Fsp3) is 0.818. The van der Waals surface area contributed by atoms with Gasteiger partial charge >= 0.3 is 5.97 Å². The van der Waals surface area contributed by atoms with Crippen LogP contribution in [0.1, 0.15) is 26.7 Å². The molecule has 80 valence electrons. The van der Waals surface area contributed by atoms with E-state index in [1.807, 2.05) is 6.92 Å². The van der Waals surface area contributed by atoms with Gasteiger partial charge in [-0.25, -0.2) is 0 Å². The van der Waals surface area contributed by atoms with E-state index in [1.165, 1.54) is 7.11 Å². The van der Waals surface area contributed by atoms with Crippen LogP contribution in [0.4, 0.5) is 0 Å². The molecular formula is C11H18O3. The van der Waals surface area contributed by atoms with Crippen LogP contribution in [0.2, 0.25) is 0 Å². The third-order valence-electron chi connectivity index (χ3n) is 3.48. The van der Waals surface area contributed by atoms with Crippen molar-refractivity contribution < 1.29 is 14.3 Å². The Hall–Kier alpha value is -0.860. The Morgan fingerprint density at radius 1 is 1.50 bits per heavy atom. The summed E-state index contributed by atoms with van der Waals surface area (Å²) in [6, 6.07) is 0. The molecule has 3 heteroatoms. The number of rotatable bonds is 3. The van der Waals surface area contributed by atoms with E-state index in [0.29, 0.717) is 5.92 Å². The minimum atomic E-state index is -0.198. The summed E-state index contributed by atoms with van der Waals surface area (Å²) in [7, 11) is 1.40. The van der Waals surface area contributed by atoms with E-state index in [2.05, 4.69) is 6.92 Å². The van der Waals surface area contributed by atoms with Gasteiger partial charge in [0.2, 0.25) is 0 Å². The van der Waals surface area contributed by atoms with E-state index in [0.717, 1.165) is 19.1 Å². The molecule has 4 atom stereocenters. The Morgan fingerprint density at radius 3 is 2.64 bits per heavy atom. The van der Waals surface area contributed by atoms with Crippen LogP contribution in [-0.4, -0.2) is 19.4 Å². The lowest BCUT2D eigenvalue weighted by Gasteiger charge is -2.21. The van der Waals surface area contributed by atoms with E-state index in [4.69, 9.17) is 4.74 Å². The second-order valence-electron chi connectivity index (χ2n) is 4.24. The van der Waals surface area contributed by atoms with Gasteiger partial charge < -0.3 is 9.53 Å². The molecule has 0 heterocycles. The number of hydrogen-bond acceptors (Lipinski definition) is 3. The number of methoxy groups -OCH3 is 1. The molecule has 0 aromatic carbocycles. The maximum absolute atomic E-state index is 11.3. The first kappa shape index (κ1) is 11.2. The molecule has 0 N–H and O–H groups in total. The molecule has 1 aliphatic carbocycles. The summed E-state index contributed by atoms with van der Waals surface area (Å²) in [5, 5.41) is 0. The number of esters is 1. The van der Waals surface area contributed by atoms with Crippen molar-refractivity contribution in [2.24, 2.45) is 23.7 Å². The van der Waals surface area contributed by atoms with Gasteiger partial charge in [0, 0.05) is 5.92 Å². The third kappa shape index (κ3) is 1.97. The van der Waals surface area contributed by atoms with E-state index in [9.17, 15) is 9.59 Å². The topological polar surface area (TPSA) is 43.4 Å². The fourth-order valence-electron chi connectivity index (χ4n) is 2.44. The molecule has 0 aromatic rings.